The first-order valence-electron chi connectivity index (χ1n) is 6.55. The minimum absolute atomic E-state index is 0.00222. The monoisotopic (exact) mass is 318 g/mol. The molecule has 0 aliphatic heterocycles. The van der Waals surface area contributed by atoms with E-state index in [1.807, 2.05) is 6.07 Å². The van der Waals surface area contributed by atoms with E-state index in [2.05, 4.69) is 10.1 Å². The van der Waals surface area contributed by atoms with Gasteiger partial charge in [-0.2, -0.15) is 14.0 Å². The van der Waals surface area contributed by atoms with Crippen LogP contribution in [0, 0.1) is 11.3 Å². The van der Waals surface area contributed by atoms with Crippen molar-refractivity contribution in [2.45, 2.75) is 6.61 Å². The number of hydrogen-bond acceptors (Lipinski definition) is 4. The number of nitrogens with one attached hydrogen (secondary N) is 1. The maximum absolute atomic E-state index is 12.3. The Labute approximate surface area is 131 Å². The lowest BCUT2D eigenvalue weighted by Gasteiger charge is -2.11. The van der Waals surface area contributed by atoms with Gasteiger partial charge in [-0.3, -0.25) is 4.79 Å². The van der Waals surface area contributed by atoms with Gasteiger partial charge < -0.3 is 14.8 Å². The fourth-order valence-corrected chi connectivity index (χ4v) is 1.80. The molecule has 0 radical (unpaired) electrons. The van der Waals surface area contributed by atoms with Crippen LogP contribution >= 0.6 is 0 Å². The molecule has 0 fully saturated rings. The van der Waals surface area contributed by atoms with Crippen LogP contribution in [0.15, 0.2) is 48.5 Å². The minimum atomic E-state index is -3.01. The number of amides is 1. The van der Waals surface area contributed by atoms with E-state index >= 15 is 0 Å². The highest BCUT2D eigenvalue weighted by Gasteiger charge is 2.15. The minimum Gasteiger partial charge on any atom is -0.479 e. The average molecular weight is 318 g/mol. The van der Waals surface area contributed by atoms with Crippen molar-refractivity contribution < 1.29 is 23.0 Å². The summed E-state index contributed by atoms with van der Waals surface area (Å²) in [5, 5.41) is 11.0. The predicted molar refractivity (Wildman–Crippen MR) is 78.6 cm³/mol. The Morgan fingerprint density at radius 3 is 2.52 bits per heavy atom. The molecule has 0 spiro atoms. The van der Waals surface area contributed by atoms with Gasteiger partial charge in [-0.25, -0.2) is 0 Å². The first kappa shape index (κ1) is 16.2. The van der Waals surface area contributed by atoms with E-state index in [0.717, 1.165) is 0 Å². The number of para-hydroxylation sites is 1. The second-order valence-corrected chi connectivity index (χ2v) is 4.30. The Balaban J connectivity index is 2.09. The van der Waals surface area contributed by atoms with Crippen LogP contribution in [0.4, 0.5) is 14.5 Å². The van der Waals surface area contributed by atoms with Gasteiger partial charge in [0.2, 0.25) is 0 Å². The topological polar surface area (TPSA) is 71.3 Å². The highest BCUT2D eigenvalue weighted by Crippen LogP contribution is 2.22. The van der Waals surface area contributed by atoms with Crippen LogP contribution in [-0.4, -0.2) is 19.1 Å². The molecule has 0 atom stereocenters. The summed E-state index contributed by atoms with van der Waals surface area (Å²) in [5.74, 6) is -0.299. The predicted octanol–water partition coefficient (Wildman–Crippen LogP) is 3.44. The van der Waals surface area contributed by atoms with Crippen molar-refractivity contribution in [1.82, 2.24) is 0 Å². The zero-order valence-corrected chi connectivity index (χ0v) is 11.8. The number of nitriles is 1. The van der Waals surface area contributed by atoms with Crippen LogP contribution in [-0.2, 0) is 0 Å². The number of hydrogen-bond donors (Lipinski definition) is 1. The van der Waals surface area contributed by atoms with Crippen LogP contribution < -0.4 is 14.8 Å². The first-order chi connectivity index (χ1) is 11.1. The Bertz CT molecular complexity index is 712. The SMILES string of the molecule is N#CCOc1ccc(NC(=O)c2ccccc2OC(F)F)cc1. The zero-order chi connectivity index (χ0) is 16.7. The van der Waals surface area contributed by atoms with E-state index in [1.54, 1.807) is 30.3 Å². The Hall–Kier alpha value is -3.14. The molecule has 0 heterocycles. The number of carbonyl (C=O) groups excluding carboxylic acids is 1. The molecular weight excluding hydrogens is 306 g/mol. The Kier molecular flexibility index (Phi) is 5.47. The molecular formula is C16H12F2N2O3. The largest absolute Gasteiger partial charge is 0.479 e. The molecule has 0 bridgehead atoms. The first-order valence-corrected chi connectivity index (χ1v) is 6.55. The molecule has 5 nitrogen and oxygen atoms in total. The summed E-state index contributed by atoms with van der Waals surface area (Å²) in [5.41, 5.74) is 0.448. The van der Waals surface area contributed by atoms with Crippen LogP contribution in [0.2, 0.25) is 0 Å². The maximum atomic E-state index is 12.3. The van der Waals surface area contributed by atoms with Gasteiger partial charge in [0, 0.05) is 5.69 Å². The molecule has 2 rings (SSSR count). The summed E-state index contributed by atoms with van der Waals surface area (Å²) >= 11 is 0. The van der Waals surface area contributed by atoms with Crippen LogP contribution in [0.1, 0.15) is 10.4 Å². The smallest absolute Gasteiger partial charge is 0.387 e. The Morgan fingerprint density at radius 2 is 1.87 bits per heavy atom. The lowest BCUT2D eigenvalue weighted by molar-refractivity contribution is -0.0501. The molecule has 0 aliphatic carbocycles. The molecule has 0 saturated carbocycles. The van der Waals surface area contributed by atoms with Crippen molar-refractivity contribution in [3.05, 3.63) is 54.1 Å². The van der Waals surface area contributed by atoms with Crippen molar-refractivity contribution in [3.8, 4) is 17.6 Å². The van der Waals surface area contributed by atoms with Gasteiger partial charge in [-0.15, -0.1) is 0 Å². The molecule has 0 unspecified atom stereocenters. The molecule has 23 heavy (non-hydrogen) atoms. The standard InChI is InChI=1S/C16H12F2N2O3/c17-16(18)23-14-4-2-1-3-13(14)15(21)20-11-5-7-12(8-6-11)22-10-9-19/h1-8,16H,10H2,(H,20,21). The van der Waals surface area contributed by atoms with Gasteiger partial charge in [0.05, 0.1) is 5.56 Å². The van der Waals surface area contributed by atoms with Crippen LogP contribution in [0.25, 0.3) is 0 Å². The molecule has 0 aromatic heterocycles. The number of benzene rings is 2. The molecule has 1 N–H and O–H groups in total. The number of nitrogens with zero attached hydrogens (tertiary/aromatic N) is 1. The third-order valence-electron chi connectivity index (χ3n) is 2.76. The number of rotatable bonds is 6. The van der Waals surface area contributed by atoms with Crippen LogP contribution in [0.3, 0.4) is 0 Å². The van der Waals surface area contributed by atoms with Crippen molar-refractivity contribution >= 4 is 11.6 Å². The molecule has 1 amide bonds. The second-order valence-electron chi connectivity index (χ2n) is 4.30. The van der Waals surface area contributed by atoms with E-state index in [1.165, 1.54) is 18.2 Å². The zero-order valence-electron chi connectivity index (χ0n) is 11.8. The second kappa shape index (κ2) is 7.75. The summed E-state index contributed by atoms with van der Waals surface area (Å²) < 4.78 is 34.1. The summed E-state index contributed by atoms with van der Waals surface area (Å²) in [6.45, 7) is -3.09. The van der Waals surface area contributed by atoms with E-state index in [4.69, 9.17) is 10.00 Å². The van der Waals surface area contributed by atoms with Gasteiger partial charge in [-0.1, -0.05) is 12.1 Å². The van der Waals surface area contributed by atoms with E-state index in [9.17, 15) is 13.6 Å². The Morgan fingerprint density at radius 1 is 1.17 bits per heavy atom. The van der Waals surface area contributed by atoms with Crippen molar-refractivity contribution in [3.63, 3.8) is 0 Å². The fourth-order valence-electron chi connectivity index (χ4n) is 1.80. The van der Waals surface area contributed by atoms with E-state index in [-0.39, 0.29) is 17.9 Å². The highest BCUT2D eigenvalue weighted by atomic mass is 19.3. The number of carbonyl (C=O) groups is 1. The average Bonchev–Trinajstić information content (AvgIpc) is 2.54. The van der Waals surface area contributed by atoms with E-state index < -0.39 is 12.5 Å². The number of alkyl halides is 2. The lowest BCUT2D eigenvalue weighted by atomic mass is 10.2. The summed E-state index contributed by atoms with van der Waals surface area (Å²) in [7, 11) is 0. The van der Waals surface area contributed by atoms with Gasteiger partial charge in [0.1, 0.15) is 17.6 Å². The summed E-state index contributed by atoms with van der Waals surface area (Å²) in [6, 6.07) is 13.9. The van der Waals surface area contributed by atoms with Crippen molar-refractivity contribution in [2.75, 3.05) is 11.9 Å². The normalized spacial score (nSPS) is 10.0. The van der Waals surface area contributed by atoms with Gasteiger partial charge >= 0.3 is 6.61 Å². The van der Waals surface area contributed by atoms with E-state index in [0.29, 0.717) is 11.4 Å². The maximum Gasteiger partial charge on any atom is 0.387 e. The molecule has 0 aliphatic rings. The third kappa shape index (κ3) is 4.68. The lowest BCUT2D eigenvalue weighted by Crippen LogP contribution is -2.14. The molecule has 2 aromatic carbocycles. The van der Waals surface area contributed by atoms with Crippen molar-refractivity contribution in [2.24, 2.45) is 0 Å². The number of ether oxygens (including phenoxy) is 2. The molecule has 118 valence electrons. The summed E-state index contributed by atoms with van der Waals surface area (Å²) in [6.07, 6.45) is 0. The van der Waals surface area contributed by atoms with Crippen LogP contribution in [0.5, 0.6) is 11.5 Å². The third-order valence-corrected chi connectivity index (χ3v) is 2.76. The number of anilines is 1. The van der Waals surface area contributed by atoms with Gasteiger partial charge in [-0.05, 0) is 36.4 Å². The number of halogens is 2. The van der Waals surface area contributed by atoms with Gasteiger partial charge in [0.15, 0.2) is 6.61 Å². The fraction of sp³-hybridized carbons (Fsp3) is 0.125. The molecule has 7 heteroatoms. The molecule has 2 aromatic rings. The molecule has 0 saturated heterocycles. The van der Waals surface area contributed by atoms with Crippen molar-refractivity contribution in [1.29, 1.82) is 5.26 Å². The summed E-state index contributed by atoms with van der Waals surface area (Å²) in [4.78, 5) is 12.2. The highest BCUT2D eigenvalue weighted by molar-refractivity contribution is 6.06. The van der Waals surface area contributed by atoms with Gasteiger partial charge in [0.25, 0.3) is 5.91 Å². The quantitative estimate of drug-likeness (QED) is 0.885.